The van der Waals surface area contributed by atoms with Crippen LogP contribution in [0.15, 0.2) is 0 Å². The van der Waals surface area contributed by atoms with Gasteiger partial charge in [0.05, 0.1) is 0 Å². The molecule has 94 valence electrons. The summed E-state index contributed by atoms with van der Waals surface area (Å²) in [5, 5.41) is 0. The van der Waals surface area contributed by atoms with Gasteiger partial charge < -0.3 is 14.5 Å². The van der Waals surface area contributed by atoms with E-state index in [2.05, 4.69) is 4.90 Å². The zero-order valence-electron chi connectivity index (χ0n) is 9.95. The number of alkyl halides is 1. The van der Waals surface area contributed by atoms with Gasteiger partial charge in [0.15, 0.2) is 0 Å². The third-order valence-corrected chi connectivity index (χ3v) is 2.94. The molecule has 0 saturated carbocycles. The lowest BCUT2D eigenvalue weighted by molar-refractivity contribution is -0.135. The number of nitrogens with zero attached hydrogens (tertiary/aromatic N) is 2. The number of rotatable bonds is 5. The van der Waals surface area contributed by atoms with Crippen molar-refractivity contribution in [3.05, 3.63) is 0 Å². The van der Waals surface area contributed by atoms with Crippen LogP contribution < -0.4 is 0 Å². The van der Waals surface area contributed by atoms with Crippen LogP contribution in [0.3, 0.4) is 0 Å². The molecule has 0 N–H and O–H groups in total. The fourth-order valence-corrected chi connectivity index (χ4v) is 2.08. The van der Waals surface area contributed by atoms with E-state index in [1.54, 1.807) is 0 Å². The van der Waals surface area contributed by atoms with Crippen molar-refractivity contribution in [3.8, 4) is 0 Å². The highest BCUT2D eigenvalue weighted by molar-refractivity contribution is 6.18. The van der Waals surface area contributed by atoms with Gasteiger partial charge in [-0.1, -0.05) is 0 Å². The largest absolute Gasteiger partial charge is 0.372 e. The summed E-state index contributed by atoms with van der Waals surface area (Å²) in [6, 6.07) is 0. The summed E-state index contributed by atoms with van der Waals surface area (Å²) in [5.41, 5.74) is 0. The normalized spacial score (nSPS) is 18.5. The first kappa shape index (κ1) is 13.7. The highest BCUT2D eigenvalue weighted by Crippen LogP contribution is 2.03. The quantitative estimate of drug-likeness (QED) is 0.675. The third kappa shape index (κ3) is 4.68. The van der Waals surface area contributed by atoms with Crippen LogP contribution in [0.1, 0.15) is 13.3 Å². The fraction of sp³-hybridized carbons (Fsp3) is 0.909. The molecule has 0 aromatic carbocycles. The SMILES string of the molecule is CCOCC(=O)N1CCCN(CCCl)CC1. The molecule has 1 rings (SSSR count). The minimum absolute atomic E-state index is 0.106. The van der Waals surface area contributed by atoms with Gasteiger partial charge in [-0.15, -0.1) is 11.6 Å². The number of carbonyl (C=O) groups is 1. The van der Waals surface area contributed by atoms with E-state index >= 15 is 0 Å². The van der Waals surface area contributed by atoms with Gasteiger partial charge in [-0.2, -0.15) is 0 Å². The third-order valence-electron chi connectivity index (χ3n) is 2.77. The molecule has 1 saturated heterocycles. The zero-order valence-corrected chi connectivity index (χ0v) is 10.7. The highest BCUT2D eigenvalue weighted by atomic mass is 35.5. The van der Waals surface area contributed by atoms with Crippen LogP contribution in [0, 0.1) is 0 Å². The van der Waals surface area contributed by atoms with Gasteiger partial charge in [0.25, 0.3) is 0 Å². The Morgan fingerprint density at radius 2 is 2.12 bits per heavy atom. The van der Waals surface area contributed by atoms with Gasteiger partial charge in [-0.05, 0) is 19.9 Å². The molecular formula is C11H21ClN2O2. The summed E-state index contributed by atoms with van der Waals surface area (Å²) in [5.74, 6) is 0.766. The molecule has 0 radical (unpaired) electrons. The molecule has 4 nitrogen and oxygen atoms in total. The maximum Gasteiger partial charge on any atom is 0.248 e. The van der Waals surface area contributed by atoms with E-state index in [1.165, 1.54) is 0 Å². The van der Waals surface area contributed by atoms with Crippen molar-refractivity contribution in [2.45, 2.75) is 13.3 Å². The number of halogens is 1. The van der Waals surface area contributed by atoms with E-state index in [4.69, 9.17) is 16.3 Å². The molecule has 0 atom stereocenters. The second-order valence-corrected chi connectivity index (χ2v) is 4.28. The lowest BCUT2D eigenvalue weighted by Gasteiger charge is -2.21. The molecule has 0 spiro atoms. The molecule has 16 heavy (non-hydrogen) atoms. The molecule has 0 aromatic heterocycles. The van der Waals surface area contributed by atoms with Crippen molar-refractivity contribution >= 4 is 17.5 Å². The molecule has 0 aliphatic carbocycles. The second-order valence-electron chi connectivity index (χ2n) is 3.90. The van der Waals surface area contributed by atoms with Gasteiger partial charge in [0.1, 0.15) is 6.61 Å². The van der Waals surface area contributed by atoms with Crippen molar-refractivity contribution in [1.29, 1.82) is 0 Å². The van der Waals surface area contributed by atoms with E-state index in [0.717, 1.165) is 39.1 Å². The number of amides is 1. The Kier molecular flexibility index (Phi) is 6.76. The van der Waals surface area contributed by atoms with Crippen LogP contribution in [0.4, 0.5) is 0 Å². The summed E-state index contributed by atoms with van der Waals surface area (Å²) in [7, 11) is 0. The number of carbonyl (C=O) groups excluding carboxylic acids is 1. The van der Waals surface area contributed by atoms with Gasteiger partial charge in [0.2, 0.25) is 5.91 Å². The van der Waals surface area contributed by atoms with Crippen LogP contribution >= 0.6 is 11.6 Å². The minimum Gasteiger partial charge on any atom is -0.372 e. The first-order valence-electron chi connectivity index (χ1n) is 5.91. The highest BCUT2D eigenvalue weighted by Gasteiger charge is 2.18. The zero-order chi connectivity index (χ0) is 11.8. The lowest BCUT2D eigenvalue weighted by Crippen LogP contribution is -2.37. The van der Waals surface area contributed by atoms with Gasteiger partial charge >= 0.3 is 0 Å². The molecule has 5 heteroatoms. The molecule has 1 fully saturated rings. The van der Waals surface area contributed by atoms with Crippen LogP contribution in [0.2, 0.25) is 0 Å². The summed E-state index contributed by atoms with van der Waals surface area (Å²) < 4.78 is 5.14. The summed E-state index contributed by atoms with van der Waals surface area (Å²) >= 11 is 5.71. The first-order chi connectivity index (χ1) is 7.77. The number of hydrogen-bond donors (Lipinski definition) is 0. The van der Waals surface area contributed by atoms with E-state index < -0.39 is 0 Å². The standard InChI is InChI=1S/C11H21ClN2O2/c1-2-16-10-11(15)14-6-3-5-13(7-4-12)8-9-14/h2-10H2,1H3. The topological polar surface area (TPSA) is 32.8 Å². The van der Waals surface area contributed by atoms with E-state index in [-0.39, 0.29) is 12.5 Å². The van der Waals surface area contributed by atoms with Crippen LogP contribution in [-0.2, 0) is 9.53 Å². The molecule has 1 aliphatic rings. The second kappa shape index (κ2) is 7.87. The number of ether oxygens (including phenoxy) is 1. The van der Waals surface area contributed by atoms with Gasteiger partial charge in [0, 0.05) is 38.7 Å². The Balaban J connectivity index is 2.31. The van der Waals surface area contributed by atoms with Crippen molar-refractivity contribution in [2.75, 3.05) is 51.8 Å². The maximum atomic E-state index is 11.7. The predicted molar refractivity (Wildman–Crippen MR) is 64.9 cm³/mol. The maximum absolute atomic E-state index is 11.7. The molecule has 1 amide bonds. The van der Waals surface area contributed by atoms with E-state index in [0.29, 0.717) is 12.5 Å². The monoisotopic (exact) mass is 248 g/mol. The van der Waals surface area contributed by atoms with E-state index in [1.807, 2.05) is 11.8 Å². The van der Waals surface area contributed by atoms with Crippen LogP contribution in [-0.4, -0.2) is 67.5 Å². The van der Waals surface area contributed by atoms with Gasteiger partial charge in [-0.25, -0.2) is 0 Å². The molecule has 0 bridgehead atoms. The first-order valence-corrected chi connectivity index (χ1v) is 6.45. The Bertz CT molecular complexity index is 214. The Morgan fingerprint density at radius 3 is 2.81 bits per heavy atom. The Hall–Kier alpha value is -0.320. The van der Waals surface area contributed by atoms with Crippen molar-refractivity contribution < 1.29 is 9.53 Å². The van der Waals surface area contributed by atoms with Crippen molar-refractivity contribution in [1.82, 2.24) is 9.80 Å². The smallest absolute Gasteiger partial charge is 0.248 e. The molecule has 0 unspecified atom stereocenters. The summed E-state index contributed by atoms with van der Waals surface area (Å²) in [6.45, 7) is 7.21. The number of hydrogen-bond acceptors (Lipinski definition) is 3. The fourth-order valence-electron chi connectivity index (χ4n) is 1.84. The Labute approximate surface area is 102 Å². The summed E-state index contributed by atoms with van der Waals surface area (Å²) in [4.78, 5) is 15.9. The lowest BCUT2D eigenvalue weighted by atomic mass is 10.4. The van der Waals surface area contributed by atoms with Crippen molar-refractivity contribution in [3.63, 3.8) is 0 Å². The molecule has 0 aromatic rings. The van der Waals surface area contributed by atoms with Crippen LogP contribution in [0.25, 0.3) is 0 Å². The van der Waals surface area contributed by atoms with Crippen molar-refractivity contribution in [2.24, 2.45) is 0 Å². The molecular weight excluding hydrogens is 228 g/mol. The van der Waals surface area contributed by atoms with Gasteiger partial charge in [-0.3, -0.25) is 4.79 Å². The Morgan fingerprint density at radius 1 is 1.31 bits per heavy atom. The average Bonchev–Trinajstić information content (AvgIpc) is 2.52. The molecule has 1 heterocycles. The predicted octanol–water partition coefficient (Wildman–Crippen LogP) is 0.796. The minimum atomic E-state index is 0.106. The molecule has 1 aliphatic heterocycles. The summed E-state index contributed by atoms with van der Waals surface area (Å²) in [6.07, 6.45) is 1.02. The van der Waals surface area contributed by atoms with E-state index in [9.17, 15) is 4.79 Å². The van der Waals surface area contributed by atoms with Crippen LogP contribution in [0.5, 0.6) is 0 Å². The average molecular weight is 249 g/mol.